The SMILES string of the molecule is O=c1cc(-c2nc3ccccc3s2)c2ccc3ccccc3c2o1. The normalized spacial score (nSPS) is 11.5. The summed E-state index contributed by atoms with van der Waals surface area (Å²) >= 11 is 1.59. The van der Waals surface area contributed by atoms with Crippen LogP contribution in [0, 0.1) is 0 Å². The first-order chi connectivity index (χ1) is 11.8. The highest BCUT2D eigenvalue weighted by Crippen LogP contribution is 2.35. The van der Waals surface area contributed by atoms with Crippen molar-refractivity contribution in [3.05, 3.63) is 77.2 Å². The van der Waals surface area contributed by atoms with Crippen molar-refractivity contribution in [2.75, 3.05) is 0 Å². The minimum atomic E-state index is -0.354. The first-order valence-electron chi connectivity index (χ1n) is 7.61. The third-order valence-corrected chi connectivity index (χ3v) is 5.23. The maximum atomic E-state index is 12.1. The number of hydrogen-bond acceptors (Lipinski definition) is 4. The molecule has 0 saturated carbocycles. The molecule has 3 aromatic carbocycles. The Balaban J connectivity index is 1.91. The zero-order chi connectivity index (χ0) is 16.1. The van der Waals surface area contributed by atoms with E-state index in [2.05, 4.69) is 6.07 Å². The molecule has 0 aliphatic heterocycles. The van der Waals surface area contributed by atoms with Gasteiger partial charge in [-0.15, -0.1) is 11.3 Å². The lowest BCUT2D eigenvalue weighted by Crippen LogP contribution is -1.98. The quantitative estimate of drug-likeness (QED) is 0.313. The molecule has 0 N–H and O–H groups in total. The molecule has 0 aliphatic carbocycles. The molecular weight excluding hydrogens is 318 g/mol. The predicted molar refractivity (Wildman–Crippen MR) is 98.6 cm³/mol. The number of fused-ring (bicyclic) bond motifs is 4. The molecule has 0 aliphatic rings. The molecule has 0 atom stereocenters. The monoisotopic (exact) mass is 329 g/mol. The van der Waals surface area contributed by atoms with Gasteiger partial charge in [0, 0.05) is 22.4 Å². The number of hydrogen-bond donors (Lipinski definition) is 0. The molecule has 3 nitrogen and oxygen atoms in total. The Bertz CT molecular complexity index is 1250. The third-order valence-electron chi connectivity index (χ3n) is 4.16. The number of benzene rings is 3. The van der Waals surface area contributed by atoms with E-state index in [0.717, 1.165) is 36.9 Å². The number of rotatable bonds is 1. The Morgan fingerprint density at radius 3 is 2.62 bits per heavy atom. The first kappa shape index (κ1) is 13.5. The van der Waals surface area contributed by atoms with E-state index in [1.807, 2.05) is 54.6 Å². The van der Waals surface area contributed by atoms with Gasteiger partial charge in [0.1, 0.15) is 10.6 Å². The van der Waals surface area contributed by atoms with Crippen molar-refractivity contribution in [1.29, 1.82) is 0 Å². The molecule has 2 heterocycles. The van der Waals surface area contributed by atoms with Crippen LogP contribution in [0.1, 0.15) is 0 Å². The smallest absolute Gasteiger partial charge is 0.336 e. The summed E-state index contributed by atoms with van der Waals surface area (Å²) in [6, 6.07) is 21.5. The lowest BCUT2D eigenvalue weighted by Gasteiger charge is -2.05. The topological polar surface area (TPSA) is 43.1 Å². The average molecular weight is 329 g/mol. The number of aromatic nitrogens is 1. The highest BCUT2D eigenvalue weighted by atomic mass is 32.1. The fourth-order valence-electron chi connectivity index (χ4n) is 3.06. The molecule has 0 fully saturated rings. The summed E-state index contributed by atoms with van der Waals surface area (Å²) in [6.45, 7) is 0. The molecular formula is C20H11NO2S. The lowest BCUT2D eigenvalue weighted by molar-refractivity contribution is 0.564. The van der Waals surface area contributed by atoms with Crippen LogP contribution >= 0.6 is 11.3 Å². The fourth-order valence-corrected chi connectivity index (χ4v) is 4.05. The summed E-state index contributed by atoms with van der Waals surface area (Å²) in [5.41, 5.74) is 2.04. The van der Waals surface area contributed by atoms with Crippen molar-refractivity contribution < 1.29 is 4.42 Å². The minimum absolute atomic E-state index is 0.354. The Morgan fingerprint density at radius 2 is 1.71 bits per heavy atom. The van der Waals surface area contributed by atoms with Gasteiger partial charge in [0.15, 0.2) is 0 Å². The second-order valence-corrected chi connectivity index (χ2v) is 6.66. The molecule has 5 aromatic rings. The van der Waals surface area contributed by atoms with E-state index >= 15 is 0 Å². The molecule has 0 spiro atoms. The maximum Gasteiger partial charge on any atom is 0.336 e. The summed E-state index contributed by atoms with van der Waals surface area (Å²) in [6.07, 6.45) is 0. The van der Waals surface area contributed by atoms with Gasteiger partial charge in [-0.3, -0.25) is 0 Å². The van der Waals surface area contributed by atoms with E-state index in [1.165, 1.54) is 6.07 Å². The van der Waals surface area contributed by atoms with E-state index in [9.17, 15) is 4.79 Å². The van der Waals surface area contributed by atoms with E-state index < -0.39 is 0 Å². The van der Waals surface area contributed by atoms with Crippen molar-refractivity contribution in [2.45, 2.75) is 0 Å². The van der Waals surface area contributed by atoms with Crippen molar-refractivity contribution in [1.82, 2.24) is 4.98 Å². The Hall–Kier alpha value is -2.98. The van der Waals surface area contributed by atoms with Crippen molar-refractivity contribution in [2.24, 2.45) is 0 Å². The largest absolute Gasteiger partial charge is 0.422 e. The highest BCUT2D eigenvalue weighted by Gasteiger charge is 2.14. The van der Waals surface area contributed by atoms with Gasteiger partial charge in [-0.2, -0.15) is 0 Å². The maximum absolute atomic E-state index is 12.1. The van der Waals surface area contributed by atoms with E-state index in [-0.39, 0.29) is 5.63 Å². The van der Waals surface area contributed by atoms with Gasteiger partial charge in [0.2, 0.25) is 0 Å². The summed E-state index contributed by atoms with van der Waals surface area (Å²) in [5.74, 6) is 0. The predicted octanol–water partition coefficient (Wildman–Crippen LogP) is 5.22. The molecule has 2 aromatic heterocycles. The van der Waals surface area contributed by atoms with Crippen molar-refractivity contribution in [3.63, 3.8) is 0 Å². The van der Waals surface area contributed by atoms with E-state index in [0.29, 0.717) is 5.58 Å². The summed E-state index contributed by atoms with van der Waals surface area (Å²) in [4.78, 5) is 16.8. The van der Waals surface area contributed by atoms with Gasteiger partial charge < -0.3 is 4.42 Å². The molecule has 114 valence electrons. The second-order valence-electron chi connectivity index (χ2n) is 5.63. The van der Waals surface area contributed by atoms with Crippen LogP contribution in [0.5, 0.6) is 0 Å². The molecule has 24 heavy (non-hydrogen) atoms. The Labute approximate surface area is 140 Å². The zero-order valence-electron chi connectivity index (χ0n) is 12.5. The first-order valence-corrected chi connectivity index (χ1v) is 8.43. The Morgan fingerprint density at radius 1 is 0.875 bits per heavy atom. The number of thiazole rings is 1. The molecule has 5 rings (SSSR count). The lowest BCUT2D eigenvalue weighted by atomic mass is 10.0. The van der Waals surface area contributed by atoms with Crippen LogP contribution < -0.4 is 5.63 Å². The van der Waals surface area contributed by atoms with Gasteiger partial charge in [-0.25, -0.2) is 9.78 Å². The molecule has 4 heteroatoms. The van der Waals surface area contributed by atoms with Crippen LogP contribution in [-0.4, -0.2) is 4.98 Å². The fraction of sp³-hybridized carbons (Fsp3) is 0. The van der Waals surface area contributed by atoms with Crippen molar-refractivity contribution >= 4 is 43.3 Å². The third kappa shape index (κ3) is 1.97. The number of nitrogens with zero attached hydrogens (tertiary/aromatic N) is 1. The zero-order valence-corrected chi connectivity index (χ0v) is 13.3. The van der Waals surface area contributed by atoms with Crippen LogP contribution in [0.2, 0.25) is 0 Å². The van der Waals surface area contributed by atoms with Gasteiger partial charge in [-0.1, -0.05) is 42.5 Å². The molecule has 0 bridgehead atoms. The van der Waals surface area contributed by atoms with Crippen molar-refractivity contribution in [3.8, 4) is 10.6 Å². The van der Waals surface area contributed by atoms with Gasteiger partial charge in [-0.05, 0) is 23.6 Å². The molecule has 0 amide bonds. The summed E-state index contributed by atoms with van der Waals surface area (Å²) in [7, 11) is 0. The van der Waals surface area contributed by atoms with Crippen LogP contribution in [-0.2, 0) is 0 Å². The second kappa shape index (κ2) is 5.01. The van der Waals surface area contributed by atoms with Crippen LogP contribution in [0.25, 0.3) is 42.5 Å². The molecule has 0 saturated heterocycles. The molecule has 0 radical (unpaired) electrons. The minimum Gasteiger partial charge on any atom is -0.422 e. The van der Waals surface area contributed by atoms with Crippen LogP contribution in [0.3, 0.4) is 0 Å². The van der Waals surface area contributed by atoms with Gasteiger partial charge >= 0.3 is 5.63 Å². The van der Waals surface area contributed by atoms with Gasteiger partial charge in [0.05, 0.1) is 10.2 Å². The highest BCUT2D eigenvalue weighted by molar-refractivity contribution is 7.21. The molecule has 0 unspecified atom stereocenters. The van der Waals surface area contributed by atoms with E-state index in [1.54, 1.807) is 11.3 Å². The Kier molecular flexibility index (Phi) is 2.81. The summed E-state index contributed by atoms with van der Waals surface area (Å²) < 4.78 is 6.64. The van der Waals surface area contributed by atoms with E-state index in [4.69, 9.17) is 9.40 Å². The van der Waals surface area contributed by atoms with Gasteiger partial charge in [0.25, 0.3) is 0 Å². The van der Waals surface area contributed by atoms with Crippen LogP contribution in [0.15, 0.2) is 75.9 Å². The number of para-hydroxylation sites is 1. The standard InChI is InChI=1S/C20H11NO2S/c22-18-11-15(20-21-16-7-3-4-8-17(16)24-20)14-10-9-12-5-1-2-6-13(12)19(14)23-18/h1-11H. The van der Waals surface area contributed by atoms with Crippen LogP contribution in [0.4, 0.5) is 0 Å². The average Bonchev–Trinajstić information content (AvgIpc) is 3.05. The summed E-state index contributed by atoms with van der Waals surface area (Å²) in [5, 5.41) is 3.74.